The number of carboxylic acids is 1. The standard InChI is InChI=1S/C18H12N2O2S2/c19-15-14-11(13-7-4-8-23-13)9-12(10-5-2-1-3-6-10)20-17(14)24-16(15)18(21)22/h1-9H,19H2,(H,21,22). The van der Waals surface area contributed by atoms with Crippen molar-refractivity contribution in [3.8, 4) is 21.7 Å². The first-order valence-electron chi connectivity index (χ1n) is 7.21. The maximum atomic E-state index is 11.4. The van der Waals surface area contributed by atoms with E-state index in [2.05, 4.69) is 4.98 Å². The fourth-order valence-electron chi connectivity index (χ4n) is 2.66. The number of fused-ring (bicyclic) bond motifs is 1. The number of benzene rings is 1. The van der Waals surface area contributed by atoms with Crippen LogP contribution < -0.4 is 5.73 Å². The summed E-state index contributed by atoms with van der Waals surface area (Å²) < 4.78 is 0. The molecule has 3 N–H and O–H groups in total. The fourth-order valence-corrected chi connectivity index (χ4v) is 4.37. The third-order valence-corrected chi connectivity index (χ3v) is 5.74. The molecule has 6 heteroatoms. The molecule has 0 bridgehead atoms. The Morgan fingerprint density at radius 1 is 1.12 bits per heavy atom. The minimum Gasteiger partial charge on any atom is -0.477 e. The van der Waals surface area contributed by atoms with Gasteiger partial charge in [-0.15, -0.1) is 22.7 Å². The minimum atomic E-state index is -1.02. The lowest BCUT2D eigenvalue weighted by molar-refractivity contribution is 0.0703. The molecule has 0 spiro atoms. The number of hydrogen-bond donors (Lipinski definition) is 2. The van der Waals surface area contributed by atoms with Gasteiger partial charge in [-0.2, -0.15) is 0 Å². The van der Waals surface area contributed by atoms with E-state index in [4.69, 9.17) is 5.73 Å². The highest BCUT2D eigenvalue weighted by Crippen LogP contribution is 2.42. The number of carboxylic acid groups (broad SMARTS) is 1. The molecule has 0 aliphatic heterocycles. The highest BCUT2D eigenvalue weighted by molar-refractivity contribution is 7.21. The van der Waals surface area contributed by atoms with E-state index < -0.39 is 5.97 Å². The molecule has 0 fully saturated rings. The van der Waals surface area contributed by atoms with Crippen molar-refractivity contribution < 1.29 is 9.90 Å². The fraction of sp³-hybridized carbons (Fsp3) is 0. The molecule has 0 aliphatic carbocycles. The molecule has 4 nitrogen and oxygen atoms in total. The van der Waals surface area contributed by atoms with E-state index in [1.807, 2.05) is 53.9 Å². The predicted octanol–water partition coefficient (Wildman–Crippen LogP) is 4.97. The molecular formula is C18H12N2O2S2. The lowest BCUT2D eigenvalue weighted by Gasteiger charge is -2.07. The van der Waals surface area contributed by atoms with Crippen LogP contribution in [0.4, 0.5) is 5.69 Å². The molecule has 0 atom stereocenters. The van der Waals surface area contributed by atoms with Gasteiger partial charge in [0.2, 0.25) is 0 Å². The molecule has 3 heterocycles. The Morgan fingerprint density at radius 2 is 1.92 bits per heavy atom. The second-order valence-electron chi connectivity index (χ2n) is 5.23. The average molecular weight is 352 g/mol. The number of nitrogen functional groups attached to an aromatic ring is 1. The van der Waals surface area contributed by atoms with Gasteiger partial charge >= 0.3 is 5.97 Å². The Labute approximate surface area is 145 Å². The van der Waals surface area contributed by atoms with Crippen LogP contribution in [-0.4, -0.2) is 16.1 Å². The van der Waals surface area contributed by atoms with Crippen LogP contribution in [-0.2, 0) is 0 Å². The lowest BCUT2D eigenvalue weighted by atomic mass is 10.0. The van der Waals surface area contributed by atoms with E-state index in [9.17, 15) is 9.90 Å². The predicted molar refractivity (Wildman–Crippen MR) is 99.7 cm³/mol. The summed E-state index contributed by atoms with van der Waals surface area (Å²) in [6, 6.07) is 15.8. The highest BCUT2D eigenvalue weighted by atomic mass is 32.1. The second-order valence-corrected chi connectivity index (χ2v) is 7.18. The van der Waals surface area contributed by atoms with Gasteiger partial charge in [-0.05, 0) is 17.5 Å². The van der Waals surface area contributed by atoms with Crippen LogP contribution in [0.5, 0.6) is 0 Å². The average Bonchev–Trinajstić information content (AvgIpc) is 3.23. The van der Waals surface area contributed by atoms with Gasteiger partial charge in [-0.1, -0.05) is 36.4 Å². The summed E-state index contributed by atoms with van der Waals surface area (Å²) in [6.45, 7) is 0. The zero-order valence-electron chi connectivity index (χ0n) is 12.4. The van der Waals surface area contributed by atoms with Gasteiger partial charge in [0.15, 0.2) is 0 Å². The summed E-state index contributed by atoms with van der Waals surface area (Å²) in [5.41, 5.74) is 9.14. The van der Waals surface area contributed by atoms with Crippen molar-refractivity contribution in [2.75, 3.05) is 5.73 Å². The van der Waals surface area contributed by atoms with E-state index in [1.165, 1.54) is 0 Å². The van der Waals surface area contributed by atoms with Crippen molar-refractivity contribution in [1.29, 1.82) is 0 Å². The Morgan fingerprint density at radius 3 is 2.58 bits per heavy atom. The molecule has 24 heavy (non-hydrogen) atoms. The van der Waals surface area contributed by atoms with Gasteiger partial charge in [0.25, 0.3) is 0 Å². The summed E-state index contributed by atoms with van der Waals surface area (Å²) in [6.07, 6.45) is 0. The van der Waals surface area contributed by atoms with Crippen LogP contribution in [0.1, 0.15) is 9.67 Å². The quantitative estimate of drug-likeness (QED) is 0.546. The molecule has 0 aliphatic rings. The zero-order valence-corrected chi connectivity index (χ0v) is 14.0. The molecule has 4 rings (SSSR count). The Hall–Kier alpha value is -2.70. The van der Waals surface area contributed by atoms with Crippen molar-refractivity contribution in [3.63, 3.8) is 0 Å². The molecule has 0 amide bonds. The first-order chi connectivity index (χ1) is 11.6. The number of rotatable bonds is 3. The van der Waals surface area contributed by atoms with Crippen LogP contribution in [0, 0.1) is 0 Å². The first kappa shape index (κ1) is 14.9. The van der Waals surface area contributed by atoms with Crippen LogP contribution in [0.2, 0.25) is 0 Å². The van der Waals surface area contributed by atoms with E-state index in [0.29, 0.717) is 4.83 Å². The van der Waals surface area contributed by atoms with Gasteiger partial charge in [0.1, 0.15) is 9.71 Å². The van der Waals surface area contributed by atoms with Crippen molar-refractivity contribution in [2.45, 2.75) is 0 Å². The van der Waals surface area contributed by atoms with E-state index in [1.54, 1.807) is 11.3 Å². The molecule has 118 valence electrons. The molecule has 0 saturated carbocycles. The van der Waals surface area contributed by atoms with Crippen molar-refractivity contribution >= 4 is 44.5 Å². The lowest BCUT2D eigenvalue weighted by Crippen LogP contribution is -1.97. The summed E-state index contributed by atoms with van der Waals surface area (Å²) in [5.74, 6) is -1.02. The molecule has 0 radical (unpaired) electrons. The zero-order chi connectivity index (χ0) is 16.7. The number of aromatic nitrogens is 1. The highest BCUT2D eigenvalue weighted by Gasteiger charge is 2.21. The summed E-state index contributed by atoms with van der Waals surface area (Å²) in [5, 5.41) is 12.1. The number of anilines is 1. The largest absolute Gasteiger partial charge is 0.477 e. The number of carbonyl (C=O) groups is 1. The Balaban J connectivity index is 2.07. The van der Waals surface area contributed by atoms with Crippen molar-refractivity contribution in [1.82, 2.24) is 4.98 Å². The topological polar surface area (TPSA) is 76.2 Å². The third-order valence-electron chi connectivity index (χ3n) is 3.75. The van der Waals surface area contributed by atoms with Gasteiger partial charge in [0.05, 0.1) is 11.4 Å². The second kappa shape index (κ2) is 5.74. The SMILES string of the molecule is Nc1c(C(=O)O)sc2nc(-c3ccccc3)cc(-c3cccs3)c12. The Bertz CT molecular complexity index is 1040. The molecule has 0 saturated heterocycles. The molecule has 0 unspecified atom stereocenters. The summed E-state index contributed by atoms with van der Waals surface area (Å²) in [4.78, 5) is 17.9. The number of pyridine rings is 1. The van der Waals surface area contributed by atoms with Crippen LogP contribution >= 0.6 is 22.7 Å². The number of nitrogens with zero attached hydrogens (tertiary/aromatic N) is 1. The third kappa shape index (κ3) is 2.36. The van der Waals surface area contributed by atoms with Crippen LogP contribution in [0.3, 0.4) is 0 Å². The normalized spacial score (nSPS) is 11.0. The molecule has 4 aromatic rings. The van der Waals surface area contributed by atoms with Crippen LogP contribution in [0.15, 0.2) is 53.9 Å². The number of hydrogen-bond acceptors (Lipinski definition) is 5. The maximum Gasteiger partial charge on any atom is 0.348 e. The van der Waals surface area contributed by atoms with Gasteiger partial charge < -0.3 is 10.8 Å². The number of thiophene rings is 2. The van der Waals surface area contributed by atoms with Crippen LogP contribution in [0.25, 0.3) is 31.9 Å². The monoisotopic (exact) mass is 352 g/mol. The Kier molecular flexibility index (Phi) is 3.55. The van der Waals surface area contributed by atoms with E-state index in [-0.39, 0.29) is 10.6 Å². The van der Waals surface area contributed by atoms with E-state index in [0.717, 1.165) is 38.4 Å². The minimum absolute atomic E-state index is 0.139. The smallest absolute Gasteiger partial charge is 0.348 e. The molecular weight excluding hydrogens is 340 g/mol. The van der Waals surface area contributed by atoms with Crippen molar-refractivity contribution in [2.24, 2.45) is 0 Å². The number of nitrogens with two attached hydrogens (primary N) is 1. The molecule has 1 aromatic carbocycles. The van der Waals surface area contributed by atoms with Gasteiger partial charge in [-0.3, -0.25) is 0 Å². The summed E-state index contributed by atoms with van der Waals surface area (Å²) in [7, 11) is 0. The number of aromatic carboxylic acids is 1. The molecule has 3 aromatic heterocycles. The summed E-state index contributed by atoms with van der Waals surface area (Å²) >= 11 is 2.72. The van der Waals surface area contributed by atoms with E-state index >= 15 is 0 Å². The maximum absolute atomic E-state index is 11.4. The first-order valence-corrected chi connectivity index (χ1v) is 8.90. The van der Waals surface area contributed by atoms with Gasteiger partial charge in [-0.25, -0.2) is 9.78 Å². The van der Waals surface area contributed by atoms with Gasteiger partial charge in [0, 0.05) is 21.4 Å². The van der Waals surface area contributed by atoms with Crippen molar-refractivity contribution in [3.05, 3.63) is 58.8 Å².